The number of rotatable bonds is 4. The van der Waals surface area contributed by atoms with Crippen LogP contribution in [0.2, 0.25) is 0 Å². The van der Waals surface area contributed by atoms with Gasteiger partial charge in [0.2, 0.25) is 0 Å². The molecule has 0 aliphatic carbocycles. The fraction of sp³-hybridized carbons (Fsp3) is 0.375. The molecule has 0 amide bonds. The molecule has 96 valence electrons. The lowest BCUT2D eigenvalue weighted by Crippen LogP contribution is -2.10. The number of benzene rings is 2. The molecule has 2 atom stereocenters. The lowest BCUT2D eigenvalue weighted by Gasteiger charge is -2.22. The van der Waals surface area contributed by atoms with Crippen molar-refractivity contribution in [2.24, 2.45) is 0 Å². The van der Waals surface area contributed by atoms with E-state index in [9.17, 15) is 0 Å². The molecule has 1 nitrogen and oxygen atoms in total. The van der Waals surface area contributed by atoms with E-state index in [-0.39, 0.29) is 0 Å². The van der Waals surface area contributed by atoms with E-state index in [1.54, 1.807) is 7.11 Å². The van der Waals surface area contributed by atoms with Gasteiger partial charge in [0.15, 0.2) is 0 Å². The first-order valence-corrected chi connectivity index (χ1v) is 6.94. The van der Waals surface area contributed by atoms with Crippen molar-refractivity contribution in [3.63, 3.8) is 0 Å². The summed E-state index contributed by atoms with van der Waals surface area (Å²) in [5.74, 6) is 1.34. The maximum atomic E-state index is 5.54. The molecule has 0 N–H and O–H groups in total. The van der Waals surface area contributed by atoms with Crippen LogP contribution in [0.1, 0.15) is 31.7 Å². The average molecular weight is 260 g/mol. The number of thiol groups is 1. The fourth-order valence-electron chi connectivity index (χ4n) is 2.47. The summed E-state index contributed by atoms with van der Waals surface area (Å²) >= 11 is 4.69. The van der Waals surface area contributed by atoms with E-state index < -0.39 is 0 Å². The largest absolute Gasteiger partial charge is 0.496 e. The summed E-state index contributed by atoms with van der Waals surface area (Å²) in [7, 11) is 1.74. The molecule has 2 unspecified atom stereocenters. The van der Waals surface area contributed by atoms with Gasteiger partial charge in [-0.1, -0.05) is 44.2 Å². The zero-order chi connectivity index (χ0) is 13.1. The van der Waals surface area contributed by atoms with Crippen LogP contribution < -0.4 is 4.74 Å². The van der Waals surface area contributed by atoms with Crippen molar-refractivity contribution in [2.45, 2.75) is 31.4 Å². The lowest BCUT2D eigenvalue weighted by atomic mass is 9.90. The fourth-order valence-corrected chi connectivity index (χ4v) is 2.62. The average Bonchev–Trinajstić information content (AvgIpc) is 2.44. The zero-order valence-corrected chi connectivity index (χ0v) is 12.1. The number of hydrogen-bond acceptors (Lipinski definition) is 2. The van der Waals surface area contributed by atoms with Crippen LogP contribution in [-0.2, 0) is 0 Å². The summed E-state index contributed by atoms with van der Waals surface area (Å²) < 4.78 is 5.54. The predicted molar refractivity (Wildman–Crippen MR) is 82.0 cm³/mol. The van der Waals surface area contributed by atoms with Crippen LogP contribution in [-0.4, -0.2) is 12.4 Å². The van der Waals surface area contributed by atoms with Gasteiger partial charge in [0.05, 0.1) is 7.11 Å². The summed E-state index contributed by atoms with van der Waals surface area (Å²) in [6.07, 6.45) is 1.05. The molecule has 2 aromatic rings. The molecule has 0 saturated heterocycles. The SMILES string of the molecule is CCC(S)C(C)c1c(OC)ccc2ccccc12. The van der Waals surface area contributed by atoms with E-state index in [4.69, 9.17) is 17.4 Å². The van der Waals surface area contributed by atoms with E-state index in [0.29, 0.717) is 11.2 Å². The molecule has 2 aromatic carbocycles. The molecular weight excluding hydrogens is 240 g/mol. The van der Waals surface area contributed by atoms with Gasteiger partial charge in [-0.2, -0.15) is 12.6 Å². The first kappa shape index (κ1) is 13.3. The quantitative estimate of drug-likeness (QED) is 0.787. The van der Waals surface area contributed by atoms with Crippen LogP contribution in [0, 0.1) is 0 Å². The first-order valence-electron chi connectivity index (χ1n) is 6.42. The topological polar surface area (TPSA) is 9.23 Å². The Bertz CT molecular complexity index is 536. The first-order chi connectivity index (χ1) is 8.69. The summed E-state index contributed by atoms with van der Waals surface area (Å²) in [5.41, 5.74) is 1.28. The normalized spacial score (nSPS) is 14.4. The highest BCUT2D eigenvalue weighted by molar-refractivity contribution is 7.81. The molecule has 2 heteroatoms. The molecule has 2 rings (SSSR count). The summed E-state index contributed by atoms with van der Waals surface area (Å²) in [6, 6.07) is 12.6. The third-order valence-corrected chi connectivity index (χ3v) is 4.41. The van der Waals surface area contributed by atoms with E-state index in [2.05, 4.69) is 50.2 Å². The van der Waals surface area contributed by atoms with Gasteiger partial charge in [0.25, 0.3) is 0 Å². The number of hydrogen-bond donors (Lipinski definition) is 1. The van der Waals surface area contributed by atoms with Crippen molar-refractivity contribution in [1.29, 1.82) is 0 Å². The minimum Gasteiger partial charge on any atom is -0.496 e. The van der Waals surface area contributed by atoms with Crippen LogP contribution in [0.25, 0.3) is 10.8 Å². The van der Waals surface area contributed by atoms with Gasteiger partial charge in [-0.15, -0.1) is 0 Å². The molecule has 0 aliphatic rings. The van der Waals surface area contributed by atoms with Gasteiger partial charge in [-0.3, -0.25) is 0 Å². The van der Waals surface area contributed by atoms with Gasteiger partial charge < -0.3 is 4.74 Å². The van der Waals surface area contributed by atoms with E-state index in [1.165, 1.54) is 16.3 Å². The van der Waals surface area contributed by atoms with Crippen LogP contribution >= 0.6 is 12.6 Å². The minimum atomic E-state index is 0.352. The van der Waals surface area contributed by atoms with Crippen molar-refractivity contribution in [3.05, 3.63) is 42.0 Å². The second kappa shape index (κ2) is 5.66. The van der Waals surface area contributed by atoms with Crippen molar-refractivity contribution < 1.29 is 4.74 Å². The molecular formula is C16H20OS. The molecule has 0 heterocycles. The van der Waals surface area contributed by atoms with Gasteiger partial charge >= 0.3 is 0 Å². The van der Waals surface area contributed by atoms with Crippen molar-refractivity contribution in [3.8, 4) is 5.75 Å². The molecule has 0 fully saturated rings. The number of fused-ring (bicyclic) bond motifs is 1. The Kier molecular flexibility index (Phi) is 4.18. The van der Waals surface area contributed by atoms with Gasteiger partial charge in [-0.05, 0) is 29.2 Å². The van der Waals surface area contributed by atoms with Crippen molar-refractivity contribution >= 4 is 23.4 Å². The second-order valence-electron chi connectivity index (χ2n) is 4.67. The molecule has 18 heavy (non-hydrogen) atoms. The maximum Gasteiger partial charge on any atom is 0.123 e. The summed E-state index contributed by atoms with van der Waals surface area (Å²) in [6.45, 7) is 4.40. The Morgan fingerprint density at radius 3 is 2.56 bits per heavy atom. The van der Waals surface area contributed by atoms with Crippen LogP contribution in [0.15, 0.2) is 36.4 Å². The third kappa shape index (κ3) is 2.35. The van der Waals surface area contributed by atoms with Crippen molar-refractivity contribution in [2.75, 3.05) is 7.11 Å². The standard InChI is InChI=1S/C16H20OS/c1-4-15(18)11(2)16-13-8-6-5-7-12(13)9-10-14(16)17-3/h5-11,15,18H,4H2,1-3H3. The maximum absolute atomic E-state index is 5.54. The molecule has 0 saturated carbocycles. The molecule has 0 spiro atoms. The van der Waals surface area contributed by atoms with Crippen molar-refractivity contribution in [1.82, 2.24) is 0 Å². The highest BCUT2D eigenvalue weighted by atomic mass is 32.1. The predicted octanol–water partition coefficient (Wildman–Crippen LogP) is 4.66. The van der Waals surface area contributed by atoms with E-state index >= 15 is 0 Å². The number of methoxy groups -OCH3 is 1. The van der Waals surface area contributed by atoms with Crippen LogP contribution in [0.5, 0.6) is 5.75 Å². The second-order valence-corrected chi connectivity index (χ2v) is 5.33. The number of ether oxygens (including phenoxy) is 1. The Morgan fingerprint density at radius 2 is 1.89 bits per heavy atom. The van der Waals surface area contributed by atoms with Gasteiger partial charge in [0, 0.05) is 10.8 Å². The Morgan fingerprint density at radius 1 is 1.17 bits per heavy atom. The smallest absolute Gasteiger partial charge is 0.123 e. The molecule has 0 aromatic heterocycles. The van der Waals surface area contributed by atoms with E-state index in [0.717, 1.165) is 12.2 Å². The zero-order valence-electron chi connectivity index (χ0n) is 11.2. The van der Waals surface area contributed by atoms with Gasteiger partial charge in [0.1, 0.15) is 5.75 Å². The van der Waals surface area contributed by atoms with Crippen LogP contribution in [0.4, 0.5) is 0 Å². The van der Waals surface area contributed by atoms with Gasteiger partial charge in [-0.25, -0.2) is 0 Å². The lowest BCUT2D eigenvalue weighted by molar-refractivity contribution is 0.407. The highest BCUT2D eigenvalue weighted by Crippen LogP contribution is 2.37. The Hall–Kier alpha value is -1.15. The summed E-state index contributed by atoms with van der Waals surface area (Å²) in [5, 5.41) is 2.89. The minimum absolute atomic E-state index is 0.352. The summed E-state index contributed by atoms with van der Waals surface area (Å²) in [4.78, 5) is 0. The molecule has 0 aliphatic heterocycles. The van der Waals surface area contributed by atoms with Crippen LogP contribution in [0.3, 0.4) is 0 Å². The van der Waals surface area contributed by atoms with E-state index in [1.807, 2.05) is 0 Å². The Labute approximate surface area is 115 Å². The highest BCUT2D eigenvalue weighted by Gasteiger charge is 2.20. The Balaban J connectivity index is 2.64. The molecule has 0 radical (unpaired) electrons. The third-order valence-electron chi connectivity index (χ3n) is 3.60. The molecule has 0 bridgehead atoms. The monoisotopic (exact) mass is 260 g/mol.